The molecular formula is C24H28N4O2. The zero-order valence-electron chi connectivity index (χ0n) is 17.3. The molecule has 156 valence electrons. The number of pyridine rings is 1. The lowest BCUT2D eigenvalue weighted by molar-refractivity contribution is -0.126. The third-order valence-corrected chi connectivity index (χ3v) is 6.01. The number of carbonyl (C=O) groups excluding carboxylic acids is 2. The van der Waals surface area contributed by atoms with Crippen LogP contribution in [0.1, 0.15) is 41.9 Å². The number of fused-ring (bicyclic) bond motifs is 1. The molecule has 6 nitrogen and oxygen atoms in total. The molecule has 1 aliphatic carbocycles. The SMILES string of the molecule is Cn1c(C(=O)N[C@H]2CCCC[C@H]2C(=O)NCCc2ccccn2)cc2ccccc21. The molecule has 0 unspecified atom stereocenters. The van der Waals surface area contributed by atoms with E-state index in [9.17, 15) is 9.59 Å². The topological polar surface area (TPSA) is 76.0 Å². The molecule has 0 aliphatic heterocycles. The van der Waals surface area contributed by atoms with Gasteiger partial charge in [0.2, 0.25) is 5.91 Å². The molecule has 6 heteroatoms. The first kappa shape index (κ1) is 20.1. The van der Waals surface area contributed by atoms with Crippen LogP contribution in [-0.2, 0) is 18.3 Å². The van der Waals surface area contributed by atoms with Crippen molar-refractivity contribution in [2.24, 2.45) is 13.0 Å². The van der Waals surface area contributed by atoms with E-state index >= 15 is 0 Å². The molecule has 3 aromatic rings. The first-order valence-electron chi connectivity index (χ1n) is 10.7. The van der Waals surface area contributed by atoms with Gasteiger partial charge in [-0.05, 0) is 37.1 Å². The number of benzene rings is 1. The van der Waals surface area contributed by atoms with Crippen LogP contribution in [0.3, 0.4) is 0 Å². The Hall–Kier alpha value is -3.15. The molecule has 0 radical (unpaired) electrons. The Kier molecular flexibility index (Phi) is 6.12. The van der Waals surface area contributed by atoms with Gasteiger partial charge < -0.3 is 15.2 Å². The van der Waals surface area contributed by atoms with Crippen LogP contribution >= 0.6 is 0 Å². The Bertz CT molecular complexity index is 1030. The summed E-state index contributed by atoms with van der Waals surface area (Å²) in [6.45, 7) is 0.552. The van der Waals surface area contributed by atoms with Crippen molar-refractivity contribution in [3.63, 3.8) is 0 Å². The minimum atomic E-state index is -0.193. The van der Waals surface area contributed by atoms with E-state index in [0.717, 1.165) is 42.3 Å². The van der Waals surface area contributed by atoms with E-state index in [4.69, 9.17) is 0 Å². The van der Waals surface area contributed by atoms with E-state index in [1.54, 1.807) is 6.20 Å². The standard InChI is InChI=1S/C24H28N4O2/c1-28-21-12-5-2-8-17(21)16-22(28)24(30)27-20-11-4-3-10-19(20)23(29)26-15-13-18-9-6-7-14-25-18/h2,5-9,12,14,16,19-20H,3-4,10-11,13,15H2,1H3,(H,26,29)(H,27,30)/t19-,20+/m1/s1. The highest BCUT2D eigenvalue weighted by molar-refractivity contribution is 5.99. The molecule has 30 heavy (non-hydrogen) atoms. The first-order valence-corrected chi connectivity index (χ1v) is 10.7. The van der Waals surface area contributed by atoms with Gasteiger partial charge in [0.15, 0.2) is 0 Å². The smallest absolute Gasteiger partial charge is 0.268 e. The highest BCUT2D eigenvalue weighted by Crippen LogP contribution is 2.26. The second-order valence-electron chi connectivity index (χ2n) is 7.98. The minimum absolute atomic E-state index is 0.0213. The highest BCUT2D eigenvalue weighted by Gasteiger charge is 2.32. The predicted molar refractivity (Wildman–Crippen MR) is 117 cm³/mol. The van der Waals surface area contributed by atoms with Gasteiger partial charge in [-0.25, -0.2) is 0 Å². The summed E-state index contributed by atoms with van der Waals surface area (Å²) in [5, 5.41) is 7.22. The fourth-order valence-corrected chi connectivity index (χ4v) is 4.36. The third kappa shape index (κ3) is 4.37. The monoisotopic (exact) mass is 404 g/mol. The van der Waals surface area contributed by atoms with Gasteiger partial charge >= 0.3 is 0 Å². The molecule has 1 aromatic carbocycles. The maximum Gasteiger partial charge on any atom is 0.268 e. The van der Waals surface area contributed by atoms with E-state index in [1.165, 1.54) is 0 Å². The number of rotatable bonds is 6. The number of hydrogen-bond donors (Lipinski definition) is 2. The number of para-hydroxylation sites is 1. The van der Waals surface area contributed by atoms with Gasteiger partial charge in [0, 0.05) is 48.8 Å². The third-order valence-electron chi connectivity index (χ3n) is 6.01. The molecule has 0 bridgehead atoms. The predicted octanol–water partition coefficient (Wildman–Crippen LogP) is 3.22. The minimum Gasteiger partial charge on any atom is -0.355 e. The first-order chi connectivity index (χ1) is 14.6. The number of hydrogen-bond acceptors (Lipinski definition) is 3. The van der Waals surface area contributed by atoms with Crippen molar-refractivity contribution in [2.45, 2.75) is 38.1 Å². The Morgan fingerprint density at radius 3 is 2.70 bits per heavy atom. The summed E-state index contributed by atoms with van der Waals surface area (Å²) in [7, 11) is 1.90. The normalized spacial score (nSPS) is 18.8. The van der Waals surface area contributed by atoms with Crippen molar-refractivity contribution in [3.8, 4) is 0 Å². The van der Waals surface area contributed by atoms with Crippen molar-refractivity contribution in [3.05, 3.63) is 66.1 Å². The maximum atomic E-state index is 13.0. The zero-order valence-corrected chi connectivity index (χ0v) is 17.3. The molecule has 1 saturated carbocycles. The molecule has 2 amide bonds. The van der Waals surface area contributed by atoms with Crippen LogP contribution in [0.4, 0.5) is 0 Å². The van der Waals surface area contributed by atoms with Gasteiger partial charge in [-0.3, -0.25) is 14.6 Å². The van der Waals surface area contributed by atoms with Crippen LogP contribution < -0.4 is 10.6 Å². The molecule has 2 N–H and O–H groups in total. The quantitative estimate of drug-likeness (QED) is 0.662. The lowest BCUT2D eigenvalue weighted by Crippen LogP contribution is -2.48. The summed E-state index contributed by atoms with van der Waals surface area (Å²) >= 11 is 0. The van der Waals surface area contributed by atoms with Crippen LogP contribution in [-0.4, -0.2) is 34.0 Å². The molecule has 1 fully saturated rings. The summed E-state index contributed by atoms with van der Waals surface area (Å²) < 4.78 is 1.91. The highest BCUT2D eigenvalue weighted by atomic mass is 16.2. The molecule has 2 heterocycles. The van der Waals surface area contributed by atoms with E-state index in [0.29, 0.717) is 18.7 Å². The van der Waals surface area contributed by atoms with Crippen molar-refractivity contribution in [2.75, 3.05) is 6.54 Å². The van der Waals surface area contributed by atoms with Gasteiger partial charge in [0.1, 0.15) is 5.69 Å². The fourth-order valence-electron chi connectivity index (χ4n) is 4.36. The summed E-state index contributed by atoms with van der Waals surface area (Å²) in [5.74, 6) is -0.291. The van der Waals surface area contributed by atoms with Crippen LogP contribution in [0.25, 0.3) is 10.9 Å². The average Bonchev–Trinajstić information content (AvgIpc) is 3.12. The number of amides is 2. The molecule has 0 saturated heterocycles. The van der Waals surface area contributed by atoms with Gasteiger partial charge in [-0.2, -0.15) is 0 Å². The summed E-state index contributed by atoms with van der Waals surface area (Å²) in [4.78, 5) is 30.1. The Morgan fingerprint density at radius 2 is 1.90 bits per heavy atom. The van der Waals surface area contributed by atoms with E-state index in [2.05, 4.69) is 15.6 Å². The summed E-state index contributed by atoms with van der Waals surface area (Å²) in [6.07, 6.45) is 6.13. The van der Waals surface area contributed by atoms with Crippen molar-refractivity contribution in [1.29, 1.82) is 0 Å². The molecule has 2 aromatic heterocycles. The van der Waals surface area contributed by atoms with Gasteiger partial charge in [0.25, 0.3) is 5.91 Å². The molecular weight excluding hydrogens is 376 g/mol. The van der Waals surface area contributed by atoms with Gasteiger partial charge in [-0.15, -0.1) is 0 Å². The van der Waals surface area contributed by atoms with Gasteiger partial charge in [0.05, 0.1) is 5.92 Å². The van der Waals surface area contributed by atoms with E-state index in [1.807, 2.05) is 60.1 Å². The Labute approximate surface area is 176 Å². The molecule has 4 rings (SSSR count). The number of nitrogens with zero attached hydrogens (tertiary/aromatic N) is 2. The Morgan fingerprint density at radius 1 is 1.10 bits per heavy atom. The molecule has 2 atom stereocenters. The fraction of sp³-hybridized carbons (Fsp3) is 0.375. The van der Waals surface area contributed by atoms with Gasteiger partial charge in [-0.1, -0.05) is 37.1 Å². The Balaban J connectivity index is 1.39. The second kappa shape index (κ2) is 9.11. The summed E-state index contributed by atoms with van der Waals surface area (Å²) in [5.41, 5.74) is 2.60. The zero-order chi connectivity index (χ0) is 20.9. The maximum absolute atomic E-state index is 13.0. The number of nitrogens with one attached hydrogen (secondary N) is 2. The van der Waals surface area contributed by atoms with Crippen LogP contribution in [0.2, 0.25) is 0 Å². The van der Waals surface area contributed by atoms with E-state index < -0.39 is 0 Å². The molecule has 0 spiro atoms. The van der Waals surface area contributed by atoms with Crippen LogP contribution in [0.15, 0.2) is 54.7 Å². The largest absolute Gasteiger partial charge is 0.355 e. The van der Waals surface area contributed by atoms with Crippen molar-refractivity contribution >= 4 is 22.7 Å². The molecule has 1 aliphatic rings. The average molecular weight is 405 g/mol. The van der Waals surface area contributed by atoms with Crippen LogP contribution in [0.5, 0.6) is 0 Å². The van der Waals surface area contributed by atoms with E-state index in [-0.39, 0.29) is 23.8 Å². The lowest BCUT2D eigenvalue weighted by Gasteiger charge is -2.31. The number of carbonyl (C=O) groups is 2. The second-order valence-corrected chi connectivity index (χ2v) is 7.98. The van der Waals surface area contributed by atoms with Crippen LogP contribution in [0, 0.1) is 5.92 Å². The van der Waals surface area contributed by atoms with Crippen molar-refractivity contribution < 1.29 is 9.59 Å². The lowest BCUT2D eigenvalue weighted by atomic mass is 9.83. The number of aromatic nitrogens is 2. The van der Waals surface area contributed by atoms with Crippen molar-refractivity contribution in [1.82, 2.24) is 20.2 Å². The summed E-state index contributed by atoms with van der Waals surface area (Å²) in [6, 6.07) is 15.5. The number of aryl methyl sites for hydroxylation is 1.